The summed E-state index contributed by atoms with van der Waals surface area (Å²) >= 11 is 0. The minimum atomic E-state index is -0.203. The highest BCUT2D eigenvalue weighted by atomic mass is 16.5. The zero-order valence-electron chi connectivity index (χ0n) is 14.2. The standard InChI is InChI=1S/C18H23N5O2/c24-18(19-11-14-10-13-6-3-4-7-15(13)25-14)20-12-17-22-21-16-8-2-1-5-9-23(16)17/h3-4,6-7,14H,1-2,5,8-12H2,(H2,19,20,24). The Bertz CT molecular complexity index is 733. The SMILES string of the molecule is O=C(NCc1nnc2n1CCCCC2)NCC1Cc2ccccc2O1. The summed E-state index contributed by atoms with van der Waals surface area (Å²) in [4.78, 5) is 12.1. The van der Waals surface area contributed by atoms with Crippen LogP contribution in [0.15, 0.2) is 24.3 Å². The van der Waals surface area contributed by atoms with Gasteiger partial charge in [-0.15, -0.1) is 10.2 Å². The first kappa shape index (κ1) is 15.9. The summed E-state index contributed by atoms with van der Waals surface area (Å²) in [5.74, 6) is 2.78. The van der Waals surface area contributed by atoms with Gasteiger partial charge in [-0.2, -0.15) is 0 Å². The number of fused-ring (bicyclic) bond motifs is 2. The topological polar surface area (TPSA) is 81.1 Å². The van der Waals surface area contributed by atoms with E-state index in [0.29, 0.717) is 13.1 Å². The summed E-state index contributed by atoms with van der Waals surface area (Å²) in [6, 6.07) is 7.79. The maximum atomic E-state index is 12.1. The van der Waals surface area contributed by atoms with Crippen molar-refractivity contribution < 1.29 is 9.53 Å². The zero-order valence-corrected chi connectivity index (χ0v) is 14.2. The second kappa shape index (κ2) is 7.13. The van der Waals surface area contributed by atoms with E-state index in [-0.39, 0.29) is 12.1 Å². The van der Waals surface area contributed by atoms with E-state index < -0.39 is 0 Å². The third-order valence-electron chi connectivity index (χ3n) is 4.80. The molecule has 0 spiro atoms. The molecule has 0 saturated heterocycles. The molecule has 1 unspecified atom stereocenters. The fourth-order valence-corrected chi connectivity index (χ4v) is 3.47. The van der Waals surface area contributed by atoms with Gasteiger partial charge in [-0.3, -0.25) is 0 Å². The molecule has 0 radical (unpaired) electrons. The van der Waals surface area contributed by atoms with E-state index in [0.717, 1.165) is 49.6 Å². The van der Waals surface area contributed by atoms with Crippen LogP contribution in [-0.2, 0) is 25.9 Å². The van der Waals surface area contributed by atoms with Gasteiger partial charge >= 0.3 is 6.03 Å². The van der Waals surface area contributed by atoms with Crippen molar-refractivity contribution in [2.45, 2.75) is 51.3 Å². The third-order valence-corrected chi connectivity index (χ3v) is 4.80. The number of nitrogens with zero attached hydrogens (tertiary/aromatic N) is 3. The Morgan fingerprint density at radius 3 is 3.04 bits per heavy atom. The molecule has 7 heteroatoms. The quantitative estimate of drug-likeness (QED) is 0.889. The second-order valence-electron chi connectivity index (χ2n) is 6.61. The Kier molecular flexibility index (Phi) is 4.54. The van der Waals surface area contributed by atoms with E-state index in [9.17, 15) is 4.79 Å². The van der Waals surface area contributed by atoms with Crippen molar-refractivity contribution in [2.24, 2.45) is 0 Å². The molecule has 1 aromatic carbocycles. The first-order valence-corrected chi connectivity index (χ1v) is 8.97. The third kappa shape index (κ3) is 3.60. The molecule has 2 aliphatic rings. The van der Waals surface area contributed by atoms with Crippen LogP contribution in [0.25, 0.3) is 0 Å². The monoisotopic (exact) mass is 341 g/mol. The van der Waals surface area contributed by atoms with Gasteiger partial charge in [0.15, 0.2) is 5.82 Å². The minimum absolute atomic E-state index is 0.00693. The summed E-state index contributed by atoms with van der Waals surface area (Å²) in [7, 11) is 0. The molecule has 4 rings (SSSR count). The van der Waals surface area contributed by atoms with Gasteiger partial charge in [0, 0.05) is 19.4 Å². The largest absolute Gasteiger partial charge is 0.488 e. The van der Waals surface area contributed by atoms with Crippen molar-refractivity contribution in [3.63, 3.8) is 0 Å². The molecule has 132 valence electrons. The summed E-state index contributed by atoms with van der Waals surface area (Å²) in [6.45, 7) is 1.82. The Hall–Kier alpha value is -2.57. The predicted molar refractivity (Wildman–Crippen MR) is 92.4 cm³/mol. The molecule has 2 N–H and O–H groups in total. The predicted octanol–water partition coefficient (Wildman–Crippen LogP) is 1.81. The van der Waals surface area contributed by atoms with E-state index in [1.54, 1.807) is 0 Å². The number of hydrogen-bond acceptors (Lipinski definition) is 4. The number of carbonyl (C=O) groups is 1. The molecule has 0 bridgehead atoms. The van der Waals surface area contributed by atoms with Gasteiger partial charge < -0.3 is 19.9 Å². The number of hydrogen-bond donors (Lipinski definition) is 2. The van der Waals surface area contributed by atoms with Crippen LogP contribution in [0.1, 0.15) is 36.5 Å². The number of aromatic nitrogens is 3. The summed E-state index contributed by atoms with van der Waals surface area (Å²) < 4.78 is 7.97. The van der Waals surface area contributed by atoms with Crippen LogP contribution in [0.4, 0.5) is 4.79 Å². The molecule has 0 saturated carbocycles. The van der Waals surface area contributed by atoms with Crippen LogP contribution >= 0.6 is 0 Å². The highest BCUT2D eigenvalue weighted by Crippen LogP contribution is 2.27. The molecule has 1 aromatic heterocycles. The number of carbonyl (C=O) groups excluding carboxylic acids is 1. The van der Waals surface area contributed by atoms with Crippen molar-refractivity contribution in [3.05, 3.63) is 41.5 Å². The fraction of sp³-hybridized carbons (Fsp3) is 0.500. The summed E-state index contributed by atoms with van der Waals surface area (Å²) in [5.41, 5.74) is 1.20. The summed E-state index contributed by atoms with van der Waals surface area (Å²) in [6.07, 6.45) is 5.32. The maximum absolute atomic E-state index is 12.1. The molecule has 0 fully saturated rings. The van der Waals surface area contributed by atoms with Gasteiger partial charge in [-0.05, 0) is 24.5 Å². The summed E-state index contributed by atoms with van der Waals surface area (Å²) in [5, 5.41) is 14.2. The van der Waals surface area contributed by atoms with Gasteiger partial charge in [0.25, 0.3) is 0 Å². The van der Waals surface area contributed by atoms with Gasteiger partial charge in [0.2, 0.25) is 0 Å². The van der Waals surface area contributed by atoms with Crippen molar-refractivity contribution >= 4 is 6.03 Å². The van der Waals surface area contributed by atoms with Gasteiger partial charge in [-0.1, -0.05) is 24.6 Å². The average Bonchev–Trinajstić information content (AvgIpc) is 3.14. The maximum Gasteiger partial charge on any atom is 0.315 e. The van der Waals surface area contributed by atoms with E-state index in [1.165, 1.54) is 12.0 Å². The van der Waals surface area contributed by atoms with Crippen LogP contribution in [0.3, 0.4) is 0 Å². The van der Waals surface area contributed by atoms with Crippen LogP contribution in [0.5, 0.6) is 5.75 Å². The Labute approximate surface area is 146 Å². The average molecular weight is 341 g/mol. The number of nitrogens with one attached hydrogen (secondary N) is 2. The molecule has 0 aliphatic carbocycles. The lowest BCUT2D eigenvalue weighted by atomic mass is 10.1. The van der Waals surface area contributed by atoms with Gasteiger partial charge in [0.1, 0.15) is 17.7 Å². The fourth-order valence-electron chi connectivity index (χ4n) is 3.47. The van der Waals surface area contributed by atoms with Gasteiger partial charge in [0.05, 0.1) is 13.1 Å². The van der Waals surface area contributed by atoms with Crippen LogP contribution in [-0.4, -0.2) is 33.4 Å². The van der Waals surface area contributed by atoms with Crippen LogP contribution < -0.4 is 15.4 Å². The number of amides is 2. The van der Waals surface area contributed by atoms with Crippen molar-refractivity contribution in [1.29, 1.82) is 0 Å². The highest BCUT2D eigenvalue weighted by Gasteiger charge is 2.22. The van der Waals surface area contributed by atoms with Crippen molar-refractivity contribution in [3.8, 4) is 5.75 Å². The van der Waals surface area contributed by atoms with E-state index >= 15 is 0 Å². The number of ether oxygens (including phenoxy) is 1. The molecule has 7 nitrogen and oxygen atoms in total. The lowest BCUT2D eigenvalue weighted by molar-refractivity contribution is 0.213. The van der Waals surface area contributed by atoms with Crippen LogP contribution in [0.2, 0.25) is 0 Å². The molecule has 2 amide bonds. The lowest BCUT2D eigenvalue weighted by Crippen LogP contribution is -2.41. The molecule has 25 heavy (non-hydrogen) atoms. The van der Waals surface area contributed by atoms with Crippen LogP contribution in [0, 0.1) is 0 Å². The lowest BCUT2D eigenvalue weighted by Gasteiger charge is -2.13. The van der Waals surface area contributed by atoms with E-state index in [2.05, 4.69) is 31.5 Å². The first-order valence-electron chi connectivity index (χ1n) is 8.97. The van der Waals surface area contributed by atoms with Crippen molar-refractivity contribution in [1.82, 2.24) is 25.4 Å². The second-order valence-corrected chi connectivity index (χ2v) is 6.61. The Morgan fingerprint density at radius 2 is 2.12 bits per heavy atom. The number of para-hydroxylation sites is 1. The normalized spacial score (nSPS) is 18.6. The number of aryl methyl sites for hydroxylation is 1. The van der Waals surface area contributed by atoms with Gasteiger partial charge in [-0.25, -0.2) is 4.79 Å². The Morgan fingerprint density at radius 1 is 1.20 bits per heavy atom. The number of benzene rings is 1. The smallest absolute Gasteiger partial charge is 0.315 e. The number of urea groups is 1. The first-order chi connectivity index (χ1) is 12.3. The van der Waals surface area contributed by atoms with E-state index in [1.807, 2.05) is 18.2 Å². The molecular formula is C18H23N5O2. The zero-order chi connectivity index (χ0) is 17.1. The van der Waals surface area contributed by atoms with E-state index in [4.69, 9.17) is 4.74 Å². The highest BCUT2D eigenvalue weighted by molar-refractivity contribution is 5.73. The molecular weight excluding hydrogens is 318 g/mol. The Balaban J connectivity index is 1.25. The van der Waals surface area contributed by atoms with Crippen molar-refractivity contribution in [2.75, 3.05) is 6.54 Å². The molecule has 1 atom stereocenters. The number of rotatable bonds is 4. The minimum Gasteiger partial charge on any atom is -0.488 e. The molecule has 3 heterocycles. The molecule has 2 aromatic rings. The molecule has 2 aliphatic heterocycles.